The molecule has 0 aliphatic heterocycles. The Labute approximate surface area is 245 Å². The first-order chi connectivity index (χ1) is 19.9. The average molecular weight is 622 g/mol. The molecule has 1 aromatic heterocycles. The molecule has 0 saturated carbocycles. The lowest BCUT2D eigenvalue weighted by molar-refractivity contribution is -0.142. The molecule has 1 heterocycles. The van der Waals surface area contributed by atoms with E-state index in [1.165, 1.54) is 5.38 Å². The van der Waals surface area contributed by atoms with E-state index in [1.54, 1.807) is 30.3 Å². The van der Waals surface area contributed by atoms with Gasteiger partial charge in [-0.15, -0.1) is 11.3 Å². The number of aromatic nitrogens is 1. The molecule has 0 bridgehead atoms. The highest BCUT2D eigenvalue weighted by Gasteiger charge is 2.35. The molecule has 3 rings (SSSR count). The summed E-state index contributed by atoms with van der Waals surface area (Å²) in [5, 5.41) is 26.6. The molecule has 224 valence electrons. The zero-order valence-electron chi connectivity index (χ0n) is 22.4. The molecule has 0 aliphatic carbocycles. The van der Waals surface area contributed by atoms with Gasteiger partial charge in [0.1, 0.15) is 23.4 Å². The molecule has 4 N–H and O–H groups in total. The summed E-state index contributed by atoms with van der Waals surface area (Å²) < 4.78 is 58.8. The molecule has 2 aromatic carbocycles. The van der Waals surface area contributed by atoms with Crippen molar-refractivity contribution in [1.29, 1.82) is 5.26 Å². The van der Waals surface area contributed by atoms with Crippen LogP contribution in [0.1, 0.15) is 34.5 Å². The van der Waals surface area contributed by atoms with Crippen LogP contribution in [0.3, 0.4) is 0 Å². The van der Waals surface area contributed by atoms with Crippen LogP contribution in [0.4, 0.5) is 13.9 Å². The lowest BCUT2D eigenvalue weighted by Gasteiger charge is -2.30. The number of nitriles is 1. The second kappa shape index (κ2) is 15.3. The van der Waals surface area contributed by atoms with E-state index in [-0.39, 0.29) is 48.8 Å². The molecule has 15 heteroatoms. The highest BCUT2D eigenvalue weighted by molar-refractivity contribution is 7.92. The van der Waals surface area contributed by atoms with Gasteiger partial charge in [-0.25, -0.2) is 22.2 Å². The number of sulfonamides is 1. The monoisotopic (exact) mass is 621 g/mol. The standard InChI is InChI=1S/C27H29F2N5O6S2/c1-42(38,39)34-27-33-22(16-41-27)25(36)32-21(13-18-11-19(28)14-20(29)12-18)23(35)24(40-10-6-5-9-30)26(37)31-15-17-7-3-2-4-8-17/h2-4,7-8,11-12,14,16,21,23-24,35H,5-6,10,13,15H2,1H3,(H,31,37)(H,32,36)(H,33,34). The number of carbonyl (C=O) groups excluding carboxylic acids is 2. The molecule has 3 atom stereocenters. The van der Waals surface area contributed by atoms with Crippen molar-refractivity contribution in [2.24, 2.45) is 0 Å². The van der Waals surface area contributed by atoms with Gasteiger partial charge >= 0.3 is 0 Å². The topological polar surface area (TPSA) is 171 Å². The lowest BCUT2D eigenvalue weighted by Crippen LogP contribution is -2.55. The Kier molecular flexibility index (Phi) is 11.9. The molecule has 0 saturated heterocycles. The average Bonchev–Trinajstić information content (AvgIpc) is 3.38. The Morgan fingerprint density at radius 2 is 1.83 bits per heavy atom. The summed E-state index contributed by atoms with van der Waals surface area (Å²) in [5.74, 6) is -3.33. The second-order valence-corrected chi connectivity index (χ2v) is 11.8. The summed E-state index contributed by atoms with van der Waals surface area (Å²) in [5.41, 5.74) is 0.641. The predicted molar refractivity (Wildman–Crippen MR) is 151 cm³/mol. The number of thiazole rings is 1. The van der Waals surface area contributed by atoms with E-state index < -0.39 is 51.7 Å². The molecule has 0 fully saturated rings. The molecule has 0 radical (unpaired) electrons. The maximum Gasteiger partial charge on any atom is 0.271 e. The molecule has 3 aromatic rings. The first kappa shape index (κ1) is 32.5. The number of rotatable bonds is 15. The van der Waals surface area contributed by atoms with Crippen LogP contribution in [0.15, 0.2) is 53.9 Å². The van der Waals surface area contributed by atoms with Gasteiger partial charge in [0.2, 0.25) is 10.0 Å². The van der Waals surface area contributed by atoms with Gasteiger partial charge in [-0.3, -0.25) is 14.3 Å². The minimum absolute atomic E-state index is 0.0717. The number of carbonyl (C=O) groups is 2. The number of aliphatic hydroxyl groups excluding tert-OH is 1. The van der Waals surface area contributed by atoms with Crippen molar-refractivity contribution in [3.8, 4) is 6.07 Å². The van der Waals surface area contributed by atoms with Crippen molar-refractivity contribution in [3.63, 3.8) is 0 Å². The fourth-order valence-electron chi connectivity index (χ4n) is 3.85. The van der Waals surface area contributed by atoms with Gasteiger partial charge in [0.25, 0.3) is 11.8 Å². The van der Waals surface area contributed by atoms with E-state index in [0.717, 1.165) is 35.3 Å². The first-order valence-electron chi connectivity index (χ1n) is 12.6. The van der Waals surface area contributed by atoms with Gasteiger partial charge in [0.15, 0.2) is 11.2 Å². The molecule has 0 spiro atoms. The molecular formula is C27H29F2N5O6S2. The highest BCUT2D eigenvalue weighted by Crippen LogP contribution is 2.19. The Bertz CT molecular complexity index is 1490. The van der Waals surface area contributed by atoms with Crippen LogP contribution in [0.25, 0.3) is 0 Å². The van der Waals surface area contributed by atoms with Crippen LogP contribution >= 0.6 is 11.3 Å². The van der Waals surface area contributed by atoms with Crippen LogP contribution in [0.2, 0.25) is 0 Å². The zero-order chi connectivity index (χ0) is 30.7. The van der Waals surface area contributed by atoms with Crippen LogP contribution < -0.4 is 15.4 Å². The van der Waals surface area contributed by atoms with Crippen molar-refractivity contribution in [2.45, 2.75) is 44.1 Å². The fourth-order valence-corrected chi connectivity index (χ4v) is 5.40. The third kappa shape index (κ3) is 10.5. The number of nitrogens with zero attached hydrogens (tertiary/aromatic N) is 2. The third-order valence-corrected chi connectivity index (χ3v) is 7.18. The molecule has 3 unspecified atom stereocenters. The van der Waals surface area contributed by atoms with Gasteiger partial charge in [-0.05, 0) is 36.1 Å². The quantitative estimate of drug-likeness (QED) is 0.188. The number of benzene rings is 2. The number of hydrogen-bond donors (Lipinski definition) is 4. The van der Waals surface area contributed by atoms with E-state index in [0.29, 0.717) is 6.07 Å². The van der Waals surface area contributed by atoms with Crippen molar-refractivity contribution in [2.75, 3.05) is 17.6 Å². The number of nitrogens with one attached hydrogen (secondary N) is 3. The van der Waals surface area contributed by atoms with E-state index in [4.69, 9.17) is 10.00 Å². The van der Waals surface area contributed by atoms with E-state index >= 15 is 0 Å². The Morgan fingerprint density at radius 1 is 1.14 bits per heavy atom. The SMILES string of the molecule is CS(=O)(=O)Nc1nc(C(=O)NC(Cc2cc(F)cc(F)c2)C(O)C(OCCCC#N)C(=O)NCc2ccccc2)cs1. The summed E-state index contributed by atoms with van der Waals surface area (Å²) in [7, 11) is -3.66. The zero-order valence-corrected chi connectivity index (χ0v) is 24.1. The number of amides is 2. The number of aliphatic hydroxyl groups is 1. The number of halogens is 2. The van der Waals surface area contributed by atoms with Crippen LogP contribution in [0.5, 0.6) is 0 Å². The summed E-state index contributed by atoms with van der Waals surface area (Å²) in [6, 6.07) is 12.3. The highest BCUT2D eigenvalue weighted by atomic mass is 32.2. The molecule has 0 aliphatic rings. The second-order valence-electron chi connectivity index (χ2n) is 9.22. The number of ether oxygens (including phenoxy) is 1. The van der Waals surface area contributed by atoms with Crippen LogP contribution in [-0.2, 0) is 32.5 Å². The largest absolute Gasteiger partial charge is 0.388 e. The van der Waals surface area contributed by atoms with Crippen molar-refractivity contribution < 1.29 is 36.6 Å². The van der Waals surface area contributed by atoms with Gasteiger partial charge in [0, 0.05) is 31.0 Å². The number of unbranched alkanes of at least 4 members (excludes halogenated alkanes) is 1. The Balaban J connectivity index is 1.87. The Hall–Kier alpha value is -3.97. The minimum atomic E-state index is -3.66. The third-order valence-electron chi connectivity index (χ3n) is 5.72. The minimum Gasteiger partial charge on any atom is -0.388 e. The van der Waals surface area contributed by atoms with Crippen molar-refractivity contribution in [1.82, 2.24) is 15.6 Å². The van der Waals surface area contributed by atoms with E-state index in [2.05, 4.69) is 20.3 Å². The van der Waals surface area contributed by atoms with Gasteiger partial charge < -0.3 is 20.5 Å². The van der Waals surface area contributed by atoms with Crippen LogP contribution in [-0.4, -0.2) is 61.4 Å². The summed E-state index contributed by atoms with van der Waals surface area (Å²) >= 11 is 0.840. The lowest BCUT2D eigenvalue weighted by atomic mass is 9.96. The smallest absolute Gasteiger partial charge is 0.271 e. The van der Waals surface area contributed by atoms with E-state index in [9.17, 15) is 31.9 Å². The van der Waals surface area contributed by atoms with E-state index in [1.807, 2.05) is 6.07 Å². The molecule has 2 amide bonds. The summed E-state index contributed by atoms with van der Waals surface area (Å²) in [6.07, 6.45) is -2.29. The summed E-state index contributed by atoms with van der Waals surface area (Å²) in [4.78, 5) is 30.2. The molecular weight excluding hydrogens is 592 g/mol. The number of hydrogen-bond acceptors (Lipinski definition) is 9. The molecule has 42 heavy (non-hydrogen) atoms. The fraction of sp³-hybridized carbons (Fsp3) is 0.333. The maximum absolute atomic E-state index is 14.0. The normalized spacial score (nSPS) is 13.4. The Morgan fingerprint density at radius 3 is 2.48 bits per heavy atom. The first-order valence-corrected chi connectivity index (χ1v) is 15.4. The van der Waals surface area contributed by atoms with Gasteiger partial charge in [-0.2, -0.15) is 5.26 Å². The number of anilines is 1. The predicted octanol–water partition coefficient (Wildman–Crippen LogP) is 2.50. The van der Waals surface area contributed by atoms with Crippen LogP contribution in [0, 0.1) is 23.0 Å². The van der Waals surface area contributed by atoms with Gasteiger partial charge in [0.05, 0.1) is 18.4 Å². The maximum atomic E-state index is 14.0. The molecule has 11 nitrogen and oxygen atoms in total. The van der Waals surface area contributed by atoms with Crippen molar-refractivity contribution >= 4 is 38.3 Å². The summed E-state index contributed by atoms with van der Waals surface area (Å²) in [6.45, 7) is 0.0292. The van der Waals surface area contributed by atoms with Gasteiger partial charge in [-0.1, -0.05) is 30.3 Å². The van der Waals surface area contributed by atoms with Crippen molar-refractivity contribution in [3.05, 3.63) is 82.4 Å².